The molecule has 2 rings (SSSR count). The van der Waals surface area contributed by atoms with Gasteiger partial charge in [0, 0.05) is 25.3 Å². The number of carbonyl (C=O) groups is 1. The number of carboxylic acids is 1. The molecule has 20 heavy (non-hydrogen) atoms. The van der Waals surface area contributed by atoms with Crippen LogP contribution < -0.4 is 0 Å². The first-order valence-corrected chi connectivity index (χ1v) is 7.15. The number of likely N-dealkylation sites (tertiary alicyclic amines) is 1. The largest absolute Gasteiger partial charge is 0.481 e. The van der Waals surface area contributed by atoms with E-state index in [2.05, 4.69) is 22.9 Å². The van der Waals surface area contributed by atoms with Gasteiger partial charge in [0.15, 0.2) is 0 Å². The molecule has 1 unspecified atom stereocenters. The number of piperidine rings is 1. The number of pyridine rings is 1. The minimum absolute atomic E-state index is 0.0878. The summed E-state index contributed by atoms with van der Waals surface area (Å²) in [5, 5.41) is 8.59. The Morgan fingerprint density at radius 3 is 2.85 bits per heavy atom. The highest BCUT2D eigenvalue weighted by molar-refractivity contribution is 5.66. The summed E-state index contributed by atoms with van der Waals surface area (Å²) in [7, 11) is 0. The third-order valence-electron chi connectivity index (χ3n) is 3.81. The van der Waals surface area contributed by atoms with Crippen LogP contribution in [-0.2, 0) is 9.53 Å². The second-order valence-corrected chi connectivity index (χ2v) is 5.18. The van der Waals surface area contributed by atoms with Gasteiger partial charge in [-0.2, -0.15) is 0 Å². The van der Waals surface area contributed by atoms with Crippen molar-refractivity contribution in [3.05, 3.63) is 30.1 Å². The zero-order valence-electron chi connectivity index (χ0n) is 11.9. The molecule has 0 radical (unpaired) electrons. The summed E-state index contributed by atoms with van der Waals surface area (Å²) < 4.78 is 5.60. The molecule has 1 N–H and O–H groups in total. The van der Waals surface area contributed by atoms with E-state index in [1.165, 1.54) is 0 Å². The Kier molecular flexibility index (Phi) is 5.49. The number of rotatable bonds is 6. The average Bonchev–Trinajstić information content (AvgIpc) is 2.48. The Morgan fingerprint density at radius 2 is 2.25 bits per heavy atom. The fraction of sp³-hybridized carbons (Fsp3) is 0.600. The monoisotopic (exact) mass is 278 g/mol. The summed E-state index contributed by atoms with van der Waals surface area (Å²) in [6, 6.07) is 6.32. The topological polar surface area (TPSA) is 62.7 Å². The molecule has 1 fully saturated rings. The Hall–Kier alpha value is -1.46. The Balaban J connectivity index is 1.75. The van der Waals surface area contributed by atoms with Crippen LogP contribution in [0.2, 0.25) is 0 Å². The molecule has 5 heteroatoms. The molecular formula is C15H22N2O3. The maximum absolute atomic E-state index is 10.4. The first-order valence-electron chi connectivity index (χ1n) is 7.15. The van der Waals surface area contributed by atoms with Crippen molar-refractivity contribution >= 4 is 5.97 Å². The minimum Gasteiger partial charge on any atom is -0.481 e. The third kappa shape index (κ3) is 4.28. The van der Waals surface area contributed by atoms with Gasteiger partial charge in [0.25, 0.3) is 0 Å². The standard InChI is InChI=1S/C15H22N2O3/c1-12(14-4-2-3-8-16-14)17-9-5-13(6-10-17)20-11-7-15(18)19/h2-4,8,12-13H,5-7,9-11H2,1H3,(H,18,19). The second-order valence-electron chi connectivity index (χ2n) is 5.18. The van der Waals surface area contributed by atoms with Crippen LogP contribution >= 0.6 is 0 Å². The normalized spacial score (nSPS) is 18.9. The van der Waals surface area contributed by atoms with Gasteiger partial charge in [-0.25, -0.2) is 0 Å². The summed E-state index contributed by atoms with van der Waals surface area (Å²) >= 11 is 0. The predicted octanol–water partition coefficient (Wildman–Crippen LogP) is 2.10. The van der Waals surface area contributed by atoms with Gasteiger partial charge >= 0.3 is 5.97 Å². The number of aromatic nitrogens is 1. The number of ether oxygens (including phenoxy) is 1. The summed E-state index contributed by atoms with van der Waals surface area (Å²) in [5.41, 5.74) is 1.10. The van der Waals surface area contributed by atoms with Crippen LogP contribution in [0.3, 0.4) is 0 Å². The molecule has 5 nitrogen and oxygen atoms in total. The lowest BCUT2D eigenvalue weighted by Gasteiger charge is -2.35. The SMILES string of the molecule is CC(c1ccccn1)N1CCC(OCCC(=O)O)CC1. The molecule has 1 saturated heterocycles. The minimum atomic E-state index is -0.800. The summed E-state index contributed by atoms with van der Waals surface area (Å²) in [6.45, 7) is 4.43. The smallest absolute Gasteiger partial charge is 0.305 e. The van der Waals surface area contributed by atoms with Crippen LogP contribution in [-0.4, -0.2) is 46.8 Å². The van der Waals surface area contributed by atoms with Crippen LogP contribution in [0.5, 0.6) is 0 Å². The molecule has 2 heterocycles. The van der Waals surface area contributed by atoms with E-state index in [-0.39, 0.29) is 12.5 Å². The van der Waals surface area contributed by atoms with Crippen LogP contribution in [0.25, 0.3) is 0 Å². The lowest BCUT2D eigenvalue weighted by Crippen LogP contribution is -2.39. The van der Waals surface area contributed by atoms with Crippen molar-refractivity contribution in [1.29, 1.82) is 0 Å². The highest BCUT2D eigenvalue weighted by Gasteiger charge is 2.24. The lowest BCUT2D eigenvalue weighted by molar-refractivity contribution is -0.138. The lowest BCUT2D eigenvalue weighted by atomic mass is 10.0. The predicted molar refractivity (Wildman–Crippen MR) is 75.5 cm³/mol. The zero-order chi connectivity index (χ0) is 14.4. The van der Waals surface area contributed by atoms with Crippen molar-refractivity contribution in [2.24, 2.45) is 0 Å². The first kappa shape index (κ1) is 14.9. The molecular weight excluding hydrogens is 256 g/mol. The van der Waals surface area contributed by atoms with Crippen molar-refractivity contribution in [1.82, 2.24) is 9.88 Å². The van der Waals surface area contributed by atoms with Gasteiger partial charge in [0.05, 0.1) is 24.8 Å². The van der Waals surface area contributed by atoms with Gasteiger partial charge < -0.3 is 9.84 Å². The van der Waals surface area contributed by atoms with Crippen LogP contribution in [0.1, 0.15) is 37.9 Å². The van der Waals surface area contributed by atoms with E-state index in [1.807, 2.05) is 18.3 Å². The third-order valence-corrected chi connectivity index (χ3v) is 3.81. The van der Waals surface area contributed by atoms with Crippen LogP contribution in [0, 0.1) is 0 Å². The van der Waals surface area contributed by atoms with Crippen molar-refractivity contribution in [2.45, 2.75) is 38.3 Å². The van der Waals surface area contributed by atoms with E-state index in [1.54, 1.807) is 0 Å². The molecule has 1 aromatic rings. The van der Waals surface area contributed by atoms with Gasteiger partial charge in [0.2, 0.25) is 0 Å². The molecule has 0 bridgehead atoms. The molecule has 1 aromatic heterocycles. The maximum Gasteiger partial charge on any atom is 0.305 e. The molecule has 1 aliphatic heterocycles. The highest BCUT2D eigenvalue weighted by atomic mass is 16.5. The van der Waals surface area contributed by atoms with Crippen molar-refractivity contribution in [3.8, 4) is 0 Å². The summed E-state index contributed by atoms with van der Waals surface area (Å²) in [6.07, 6.45) is 4.02. The van der Waals surface area contributed by atoms with Gasteiger partial charge in [-0.3, -0.25) is 14.7 Å². The number of nitrogens with zero attached hydrogens (tertiary/aromatic N) is 2. The Labute approximate surface area is 119 Å². The molecule has 110 valence electrons. The molecule has 0 amide bonds. The van der Waals surface area contributed by atoms with Crippen molar-refractivity contribution in [3.63, 3.8) is 0 Å². The Bertz CT molecular complexity index is 416. The first-order chi connectivity index (χ1) is 9.66. The molecule has 0 saturated carbocycles. The van der Waals surface area contributed by atoms with E-state index >= 15 is 0 Å². The van der Waals surface area contributed by atoms with Gasteiger partial charge in [-0.1, -0.05) is 6.07 Å². The molecule has 1 atom stereocenters. The Morgan fingerprint density at radius 1 is 1.50 bits per heavy atom. The molecule has 0 spiro atoms. The van der Waals surface area contributed by atoms with Crippen LogP contribution in [0.4, 0.5) is 0 Å². The fourth-order valence-electron chi connectivity index (χ4n) is 2.55. The van der Waals surface area contributed by atoms with Gasteiger partial charge in [-0.05, 0) is 31.9 Å². The zero-order valence-corrected chi connectivity index (χ0v) is 11.9. The molecule has 1 aliphatic rings. The van der Waals surface area contributed by atoms with Crippen molar-refractivity contribution in [2.75, 3.05) is 19.7 Å². The summed E-state index contributed by atoms with van der Waals surface area (Å²) in [4.78, 5) is 17.2. The van der Waals surface area contributed by atoms with Crippen LogP contribution in [0.15, 0.2) is 24.4 Å². The number of hydrogen-bond acceptors (Lipinski definition) is 4. The van der Waals surface area contributed by atoms with Crippen molar-refractivity contribution < 1.29 is 14.6 Å². The maximum atomic E-state index is 10.4. The van der Waals surface area contributed by atoms with E-state index in [0.717, 1.165) is 31.6 Å². The highest BCUT2D eigenvalue weighted by Crippen LogP contribution is 2.23. The molecule has 0 aromatic carbocycles. The average molecular weight is 278 g/mol. The number of hydrogen-bond donors (Lipinski definition) is 1. The van der Waals surface area contributed by atoms with E-state index < -0.39 is 5.97 Å². The number of carboxylic acid groups (broad SMARTS) is 1. The quantitative estimate of drug-likeness (QED) is 0.863. The van der Waals surface area contributed by atoms with Gasteiger partial charge in [0.1, 0.15) is 0 Å². The summed E-state index contributed by atoms with van der Waals surface area (Å²) in [5.74, 6) is -0.800. The van der Waals surface area contributed by atoms with Gasteiger partial charge in [-0.15, -0.1) is 0 Å². The molecule has 0 aliphatic carbocycles. The number of aliphatic carboxylic acids is 1. The van der Waals surface area contributed by atoms with E-state index in [4.69, 9.17) is 9.84 Å². The van der Waals surface area contributed by atoms with E-state index in [9.17, 15) is 4.79 Å². The second kappa shape index (κ2) is 7.36. The fourth-order valence-corrected chi connectivity index (χ4v) is 2.55. The van der Waals surface area contributed by atoms with E-state index in [0.29, 0.717) is 12.6 Å².